The minimum absolute atomic E-state index is 0.398. The summed E-state index contributed by atoms with van der Waals surface area (Å²) >= 11 is 0. The third kappa shape index (κ3) is 4.27. The molecule has 0 radical (unpaired) electrons. The summed E-state index contributed by atoms with van der Waals surface area (Å²) in [4.78, 5) is 3.91. The van der Waals surface area contributed by atoms with Crippen molar-refractivity contribution >= 4 is 0 Å². The summed E-state index contributed by atoms with van der Waals surface area (Å²) in [6.07, 6.45) is -2.21. The molecule has 2 rings (SSSR count). The fraction of sp³-hybridized carbons (Fsp3) is 0.308. The van der Waals surface area contributed by atoms with E-state index in [1.165, 1.54) is 0 Å². The molecule has 1 unspecified atom stereocenters. The van der Waals surface area contributed by atoms with Gasteiger partial charge in [0.2, 0.25) is 0 Å². The van der Waals surface area contributed by atoms with E-state index >= 15 is 0 Å². The average molecular weight is 286 g/mol. The Morgan fingerprint density at radius 2 is 1.95 bits per heavy atom. The van der Waals surface area contributed by atoms with Gasteiger partial charge in [0.1, 0.15) is 12.4 Å². The predicted molar refractivity (Wildman–Crippen MR) is 65.7 cm³/mol. The smallest absolute Gasteiger partial charge is 0.391 e. The highest BCUT2D eigenvalue weighted by atomic mass is 19.4. The van der Waals surface area contributed by atoms with Crippen molar-refractivity contribution in [1.29, 1.82) is 0 Å². The number of alkyl halides is 3. The van der Waals surface area contributed by atoms with Crippen molar-refractivity contribution in [1.82, 2.24) is 9.55 Å². The molecule has 1 N–H and O–H groups in total. The first kappa shape index (κ1) is 14.4. The van der Waals surface area contributed by atoms with E-state index in [1.54, 1.807) is 47.6 Å². The molecule has 0 aliphatic carbocycles. The molecule has 2 aromatic rings. The van der Waals surface area contributed by atoms with E-state index in [9.17, 15) is 18.3 Å². The van der Waals surface area contributed by atoms with Crippen molar-refractivity contribution < 1.29 is 23.0 Å². The van der Waals surface area contributed by atoms with Gasteiger partial charge in [0.15, 0.2) is 0 Å². The molecule has 108 valence electrons. The highest BCUT2D eigenvalue weighted by Gasteiger charge is 2.31. The topological polar surface area (TPSA) is 47.3 Å². The molecule has 1 atom stereocenters. The van der Waals surface area contributed by atoms with E-state index in [1.807, 2.05) is 0 Å². The minimum atomic E-state index is -4.39. The second-order valence-electron chi connectivity index (χ2n) is 4.25. The summed E-state index contributed by atoms with van der Waals surface area (Å²) < 4.78 is 42.9. The van der Waals surface area contributed by atoms with Gasteiger partial charge >= 0.3 is 6.18 Å². The quantitative estimate of drug-likeness (QED) is 0.919. The number of ether oxygens (including phenoxy) is 1. The summed E-state index contributed by atoms with van der Waals surface area (Å²) in [6.45, 7) is -0.399. The molecule has 0 bridgehead atoms. The number of aromatic nitrogens is 2. The molecular formula is C13H13F3N2O2. The Hall–Kier alpha value is -2.02. The molecule has 0 aliphatic rings. The lowest BCUT2D eigenvalue weighted by Gasteiger charge is -2.14. The average Bonchev–Trinajstić information content (AvgIpc) is 2.89. The summed E-state index contributed by atoms with van der Waals surface area (Å²) in [5, 5.41) is 9.19. The molecule has 1 aromatic heterocycles. The van der Waals surface area contributed by atoms with Gasteiger partial charge in [0, 0.05) is 18.1 Å². The Labute approximate surface area is 113 Å². The van der Waals surface area contributed by atoms with Gasteiger partial charge in [-0.3, -0.25) is 0 Å². The van der Waals surface area contributed by atoms with E-state index in [-0.39, 0.29) is 0 Å². The van der Waals surface area contributed by atoms with Gasteiger partial charge in [-0.1, -0.05) is 0 Å². The first-order valence-electron chi connectivity index (χ1n) is 5.90. The van der Waals surface area contributed by atoms with Crippen LogP contribution in [-0.2, 0) is 0 Å². The standard InChI is InChI=1S/C13H13F3N2O2/c14-13(15,16)7-11(19)8-20-12-3-1-10(2-4-12)18-6-5-17-9-18/h1-6,9,11,19H,7-8H2. The van der Waals surface area contributed by atoms with E-state index in [0.717, 1.165) is 5.69 Å². The number of aliphatic hydroxyl groups excluding tert-OH is 1. The number of nitrogens with zero attached hydrogens (tertiary/aromatic N) is 2. The third-order valence-corrected chi connectivity index (χ3v) is 2.55. The zero-order valence-corrected chi connectivity index (χ0v) is 10.4. The normalized spacial score (nSPS) is 13.2. The van der Waals surface area contributed by atoms with E-state index in [0.29, 0.717) is 5.75 Å². The first-order valence-corrected chi connectivity index (χ1v) is 5.90. The lowest BCUT2D eigenvalue weighted by Crippen LogP contribution is -2.25. The van der Waals surface area contributed by atoms with Crippen LogP contribution >= 0.6 is 0 Å². The Bertz CT molecular complexity index is 524. The number of hydrogen-bond donors (Lipinski definition) is 1. The second kappa shape index (κ2) is 5.96. The SMILES string of the molecule is OC(COc1ccc(-n2ccnc2)cc1)CC(F)(F)F. The maximum atomic E-state index is 12.0. The van der Waals surface area contributed by atoms with Crippen molar-refractivity contribution in [3.05, 3.63) is 43.0 Å². The summed E-state index contributed by atoms with van der Waals surface area (Å²) in [7, 11) is 0. The largest absolute Gasteiger partial charge is 0.491 e. The van der Waals surface area contributed by atoms with Crippen molar-refractivity contribution in [3.63, 3.8) is 0 Å². The van der Waals surface area contributed by atoms with Gasteiger partial charge in [0.05, 0.1) is 18.9 Å². The van der Waals surface area contributed by atoms with Crippen LogP contribution in [-0.4, -0.2) is 33.5 Å². The molecule has 1 aromatic carbocycles. The molecule has 20 heavy (non-hydrogen) atoms. The molecule has 0 amide bonds. The van der Waals surface area contributed by atoms with E-state index in [2.05, 4.69) is 4.98 Å². The lowest BCUT2D eigenvalue weighted by molar-refractivity contribution is -0.156. The van der Waals surface area contributed by atoms with Crippen LogP contribution in [0.4, 0.5) is 13.2 Å². The van der Waals surface area contributed by atoms with Crippen molar-refractivity contribution in [2.45, 2.75) is 18.7 Å². The number of benzene rings is 1. The Morgan fingerprint density at radius 1 is 1.25 bits per heavy atom. The second-order valence-corrected chi connectivity index (χ2v) is 4.25. The van der Waals surface area contributed by atoms with Crippen LogP contribution < -0.4 is 4.74 Å². The minimum Gasteiger partial charge on any atom is -0.491 e. The van der Waals surface area contributed by atoms with Crippen LogP contribution in [0, 0.1) is 0 Å². The van der Waals surface area contributed by atoms with Crippen LogP contribution in [0.1, 0.15) is 6.42 Å². The molecule has 0 saturated carbocycles. The first-order chi connectivity index (χ1) is 9.44. The number of rotatable bonds is 5. The van der Waals surface area contributed by atoms with Crippen LogP contribution in [0.25, 0.3) is 5.69 Å². The predicted octanol–water partition coefficient (Wildman–Crippen LogP) is 2.56. The summed E-state index contributed by atoms with van der Waals surface area (Å²) in [5.74, 6) is 0.398. The van der Waals surface area contributed by atoms with E-state index < -0.39 is 25.3 Å². The molecule has 0 spiro atoms. The number of aliphatic hydroxyl groups is 1. The Kier molecular flexibility index (Phi) is 4.29. The maximum absolute atomic E-state index is 12.0. The highest BCUT2D eigenvalue weighted by Crippen LogP contribution is 2.22. The van der Waals surface area contributed by atoms with Crippen molar-refractivity contribution in [3.8, 4) is 11.4 Å². The maximum Gasteiger partial charge on any atom is 0.391 e. The lowest BCUT2D eigenvalue weighted by atomic mass is 10.2. The fourth-order valence-corrected chi connectivity index (χ4v) is 1.64. The molecule has 4 nitrogen and oxygen atoms in total. The molecule has 0 fully saturated rings. The Balaban J connectivity index is 1.88. The number of hydrogen-bond acceptors (Lipinski definition) is 3. The molecule has 0 saturated heterocycles. The van der Waals surface area contributed by atoms with Crippen molar-refractivity contribution in [2.24, 2.45) is 0 Å². The van der Waals surface area contributed by atoms with Crippen LogP contribution in [0.3, 0.4) is 0 Å². The van der Waals surface area contributed by atoms with Crippen LogP contribution in [0.2, 0.25) is 0 Å². The molecule has 0 aliphatic heterocycles. The van der Waals surface area contributed by atoms with Crippen molar-refractivity contribution in [2.75, 3.05) is 6.61 Å². The molecule has 7 heteroatoms. The van der Waals surface area contributed by atoms with E-state index in [4.69, 9.17) is 4.74 Å². The summed E-state index contributed by atoms with van der Waals surface area (Å²) in [5.41, 5.74) is 0.852. The zero-order chi connectivity index (χ0) is 14.6. The van der Waals surface area contributed by atoms with Gasteiger partial charge in [-0.05, 0) is 24.3 Å². The fourth-order valence-electron chi connectivity index (χ4n) is 1.64. The third-order valence-electron chi connectivity index (χ3n) is 2.55. The van der Waals surface area contributed by atoms with Gasteiger partial charge in [-0.15, -0.1) is 0 Å². The number of imidazole rings is 1. The molecule has 1 heterocycles. The van der Waals surface area contributed by atoms with Crippen LogP contribution in [0.15, 0.2) is 43.0 Å². The summed E-state index contributed by atoms with van der Waals surface area (Å²) in [6, 6.07) is 6.73. The van der Waals surface area contributed by atoms with Gasteiger partial charge in [-0.25, -0.2) is 4.98 Å². The monoisotopic (exact) mass is 286 g/mol. The van der Waals surface area contributed by atoms with Crippen LogP contribution in [0.5, 0.6) is 5.75 Å². The molecular weight excluding hydrogens is 273 g/mol. The highest BCUT2D eigenvalue weighted by molar-refractivity contribution is 5.37. The van der Waals surface area contributed by atoms with Gasteiger partial charge in [-0.2, -0.15) is 13.2 Å². The Morgan fingerprint density at radius 3 is 2.50 bits per heavy atom. The van der Waals surface area contributed by atoms with Gasteiger partial charge < -0.3 is 14.4 Å². The zero-order valence-electron chi connectivity index (χ0n) is 10.4. The number of halogens is 3. The van der Waals surface area contributed by atoms with Gasteiger partial charge in [0.25, 0.3) is 0 Å².